The zero-order valence-corrected chi connectivity index (χ0v) is 9.53. The van der Waals surface area contributed by atoms with Gasteiger partial charge >= 0.3 is 0 Å². The molecule has 0 aliphatic carbocycles. The van der Waals surface area contributed by atoms with Gasteiger partial charge in [0.15, 0.2) is 11.6 Å². The van der Waals surface area contributed by atoms with Crippen molar-refractivity contribution in [2.45, 2.75) is 6.92 Å². The van der Waals surface area contributed by atoms with Crippen molar-refractivity contribution in [1.82, 2.24) is 9.97 Å². The molecule has 5 heteroatoms. The number of rotatable bonds is 1. The number of furan rings is 1. The monoisotopic (exact) mass is 302 g/mol. The smallest absolute Gasteiger partial charge is 0.264 e. The minimum atomic E-state index is -0.147. The first-order chi connectivity index (χ1) is 6.68. The topological polar surface area (TPSA) is 58.9 Å². The number of aromatic nitrogens is 2. The molecule has 0 radical (unpaired) electrons. The van der Waals surface area contributed by atoms with E-state index in [2.05, 4.69) is 9.97 Å². The van der Waals surface area contributed by atoms with Crippen LogP contribution in [0.5, 0.6) is 0 Å². The van der Waals surface area contributed by atoms with Gasteiger partial charge in [0.2, 0.25) is 0 Å². The summed E-state index contributed by atoms with van der Waals surface area (Å²) in [5.41, 5.74) is 0.806. The molecule has 0 atom stereocenters. The van der Waals surface area contributed by atoms with E-state index in [0.29, 0.717) is 15.2 Å². The maximum atomic E-state index is 11.3. The number of nitrogens with one attached hydrogen (secondary N) is 1. The first kappa shape index (κ1) is 9.45. The normalized spacial score (nSPS) is 10.4. The fourth-order valence-corrected chi connectivity index (χ4v) is 1.38. The molecule has 4 nitrogen and oxygen atoms in total. The molecule has 0 unspecified atom stereocenters. The van der Waals surface area contributed by atoms with Crippen molar-refractivity contribution in [2.75, 3.05) is 0 Å². The fourth-order valence-electron chi connectivity index (χ4n) is 1.11. The van der Waals surface area contributed by atoms with Crippen molar-refractivity contribution in [1.29, 1.82) is 0 Å². The van der Waals surface area contributed by atoms with E-state index in [1.165, 1.54) is 6.20 Å². The van der Waals surface area contributed by atoms with Crippen LogP contribution in [-0.4, -0.2) is 9.97 Å². The average Bonchev–Trinajstić information content (AvgIpc) is 2.57. The highest BCUT2D eigenvalue weighted by atomic mass is 127. The second kappa shape index (κ2) is 3.56. The quantitative estimate of drug-likeness (QED) is 0.819. The molecule has 2 aromatic heterocycles. The minimum absolute atomic E-state index is 0.147. The zero-order valence-electron chi connectivity index (χ0n) is 7.37. The number of H-pyrrole nitrogens is 1. The van der Waals surface area contributed by atoms with Gasteiger partial charge in [0, 0.05) is 6.20 Å². The van der Waals surface area contributed by atoms with Crippen molar-refractivity contribution in [3.63, 3.8) is 0 Å². The molecule has 0 saturated heterocycles. The highest BCUT2D eigenvalue weighted by Crippen LogP contribution is 2.19. The van der Waals surface area contributed by atoms with Crippen LogP contribution >= 0.6 is 22.6 Å². The molecule has 14 heavy (non-hydrogen) atoms. The number of hydrogen-bond donors (Lipinski definition) is 1. The number of hydrogen-bond acceptors (Lipinski definition) is 3. The van der Waals surface area contributed by atoms with E-state index in [1.54, 1.807) is 6.26 Å². The first-order valence-corrected chi connectivity index (χ1v) is 5.05. The summed E-state index contributed by atoms with van der Waals surface area (Å²) < 4.78 is 5.78. The predicted molar refractivity (Wildman–Crippen MR) is 60.0 cm³/mol. The van der Waals surface area contributed by atoms with Crippen molar-refractivity contribution in [3.8, 4) is 11.6 Å². The largest absolute Gasteiger partial charge is 0.461 e. The molecule has 0 fully saturated rings. The molecule has 0 bridgehead atoms. The van der Waals surface area contributed by atoms with E-state index < -0.39 is 0 Å². The van der Waals surface area contributed by atoms with Gasteiger partial charge in [-0.3, -0.25) is 4.79 Å². The van der Waals surface area contributed by atoms with Gasteiger partial charge in [-0.05, 0) is 41.1 Å². The lowest BCUT2D eigenvalue weighted by Gasteiger charge is -1.97. The average molecular weight is 302 g/mol. The third-order valence-electron chi connectivity index (χ3n) is 1.83. The highest BCUT2D eigenvalue weighted by molar-refractivity contribution is 14.1. The Hall–Kier alpha value is -1.11. The molecule has 0 aliphatic heterocycles. The molecule has 0 amide bonds. The summed E-state index contributed by atoms with van der Waals surface area (Å²) in [5.74, 6) is 1.08. The van der Waals surface area contributed by atoms with Gasteiger partial charge in [0.1, 0.15) is 0 Å². The van der Waals surface area contributed by atoms with Crippen LogP contribution in [-0.2, 0) is 0 Å². The van der Waals surface area contributed by atoms with Crippen molar-refractivity contribution in [2.24, 2.45) is 0 Å². The Balaban J connectivity index is 2.59. The van der Waals surface area contributed by atoms with Crippen molar-refractivity contribution >= 4 is 22.6 Å². The minimum Gasteiger partial charge on any atom is -0.461 e. The Morgan fingerprint density at radius 2 is 2.36 bits per heavy atom. The lowest BCUT2D eigenvalue weighted by Crippen LogP contribution is -2.11. The summed E-state index contributed by atoms with van der Waals surface area (Å²) in [6.07, 6.45) is 3.10. The summed E-state index contributed by atoms with van der Waals surface area (Å²) >= 11 is 1.93. The van der Waals surface area contributed by atoms with Gasteiger partial charge in [-0.1, -0.05) is 0 Å². The van der Waals surface area contributed by atoms with E-state index in [4.69, 9.17) is 4.42 Å². The van der Waals surface area contributed by atoms with Crippen LogP contribution in [0.4, 0.5) is 0 Å². The van der Waals surface area contributed by atoms with E-state index in [-0.39, 0.29) is 5.56 Å². The fraction of sp³-hybridized carbons (Fsp3) is 0.111. The predicted octanol–water partition coefficient (Wildman–Crippen LogP) is 1.94. The molecule has 2 heterocycles. The Bertz CT molecular complexity index is 516. The summed E-state index contributed by atoms with van der Waals surface area (Å²) in [4.78, 5) is 18.0. The van der Waals surface area contributed by atoms with Gasteiger partial charge in [-0.25, -0.2) is 4.98 Å². The van der Waals surface area contributed by atoms with Gasteiger partial charge in [-0.15, -0.1) is 0 Å². The molecule has 2 rings (SSSR count). The number of aryl methyl sites for hydroxylation is 1. The second-order valence-electron chi connectivity index (χ2n) is 2.84. The van der Waals surface area contributed by atoms with Gasteiger partial charge < -0.3 is 9.40 Å². The van der Waals surface area contributed by atoms with Crippen LogP contribution in [0, 0.1) is 10.5 Å². The summed E-state index contributed by atoms with van der Waals surface area (Å²) in [6, 6.07) is 1.83. The number of nitrogens with zero attached hydrogens (tertiary/aromatic N) is 1. The molecular formula is C9H7IN2O2. The van der Waals surface area contributed by atoms with Crippen LogP contribution in [0.1, 0.15) is 5.56 Å². The molecular weight excluding hydrogens is 295 g/mol. The van der Waals surface area contributed by atoms with Crippen molar-refractivity contribution < 1.29 is 4.42 Å². The molecule has 0 saturated carbocycles. The third kappa shape index (κ3) is 1.59. The Kier molecular flexibility index (Phi) is 2.40. The van der Waals surface area contributed by atoms with E-state index in [9.17, 15) is 4.79 Å². The van der Waals surface area contributed by atoms with Gasteiger partial charge in [-0.2, -0.15) is 0 Å². The first-order valence-electron chi connectivity index (χ1n) is 3.98. The van der Waals surface area contributed by atoms with Crippen LogP contribution in [0.15, 0.2) is 27.7 Å². The maximum Gasteiger partial charge on any atom is 0.264 e. The van der Waals surface area contributed by atoms with Gasteiger partial charge in [0.25, 0.3) is 5.56 Å². The SMILES string of the molecule is Cc1ccoc1-c1ncc(I)c(=O)[nH]1. The Morgan fingerprint density at radius 1 is 1.57 bits per heavy atom. The maximum absolute atomic E-state index is 11.3. The molecule has 2 aromatic rings. The van der Waals surface area contributed by atoms with E-state index in [0.717, 1.165) is 5.56 Å². The van der Waals surface area contributed by atoms with Crippen LogP contribution in [0.2, 0.25) is 0 Å². The highest BCUT2D eigenvalue weighted by Gasteiger charge is 2.08. The van der Waals surface area contributed by atoms with E-state index in [1.807, 2.05) is 35.6 Å². The van der Waals surface area contributed by atoms with Gasteiger partial charge in [0.05, 0.1) is 9.83 Å². The number of halogens is 1. The van der Waals surface area contributed by atoms with Crippen molar-refractivity contribution in [3.05, 3.63) is 38.0 Å². The lowest BCUT2D eigenvalue weighted by atomic mass is 10.3. The molecule has 0 aromatic carbocycles. The summed E-state index contributed by atoms with van der Waals surface area (Å²) in [5, 5.41) is 0. The third-order valence-corrected chi connectivity index (χ3v) is 2.60. The molecule has 0 spiro atoms. The summed E-state index contributed by atoms with van der Waals surface area (Å²) in [6.45, 7) is 1.90. The zero-order chi connectivity index (χ0) is 10.1. The number of aromatic amines is 1. The Labute approximate surface area is 93.5 Å². The van der Waals surface area contributed by atoms with Crippen LogP contribution in [0.25, 0.3) is 11.6 Å². The molecule has 72 valence electrons. The molecule has 0 aliphatic rings. The lowest BCUT2D eigenvalue weighted by molar-refractivity contribution is 0.575. The Morgan fingerprint density at radius 3 is 2.93 bits per heavy atom. The van der Waals surface area contributed by atoms with E-state index >= 15 is 0 Å². The summed E-state index contributed by atoms with van der Waals surface area (Å²) in [7, 11) is 0. The van der Waals surface area contributed by atoms with Crippen LogP contribution < -0.4 is 5.56 Å². The molecule has 1 N–H and O–H groups in total. The van der Waals surface area contributed by atoms with Crippen LogP contribution in [0.3, 0.4) is 0 Å². The standard InChI is InChI=1S/C9H7IN2O2/c1-5-2-3-14-7(5)8-11-4-6(10)9(13)12-8/h2-4H,1H3,(H,11,12,13). The second-order valence-corrected chi connectivity index (χ2v) is 4.00.